The number of aldehydes is 1. The van der Waals surface area contributed by atoms with Crippen molar-refractivity contribution in [1.82, 2.24) is 0 Å². The topological polar surface area (TPSA) is 35.5 Å². The highest BCUT2D eigenvalue weighted by Crippen LogP contribution is 2.35. The van der Waals surface area contributed by atoms with Crippen LogP contribution in [-0.4, -0.2) is 13.1 Å². The maximum Gasteiger partial charge on any atom is 0.231 e. The Bertz CT molecular complexity index is 678. The second-order valence-electron chi connectivity index (χ2n) is 5.77. The molecule has 3 rings (SSSR count). The molecule has 0 aromatic heterocycles. The number of fused-ring (bicyclic) bond motifs is 1. The van der Waals surface area contributed by atoms with Crippen LogP contribution in [-0.2, 0) is 16.6 Å². The summed E-state index contributed by atoms with van der Waals surface area (Å²) in [5, 5.41) is 0. The van der Waals surface area contributed by atoms with Gasteiger partial charge in [-0.05, 0) is 43.5 Å². The molecule has 3 nitrogen and oxygen atoms in total. The molecule has 0 aliphatic carbocycles. The summed E-state index contributed by atoms with van der Waals surface area (Å²) in [6.07, 6.45) is 1.67. The fourth-order valence-corrected chi connectivity index (χ4v) is 2.69. The van der Waals surface area contributed by atoms with Gasteiger partial charge in [0.2, 0.25) is 6.79 Å². The van der Waals surface area contributed by atoms with Gasteiger partial charge in [0.25, 0.3) is 0 Å². The molecule has 2 aromatic rings. The molecule has 0 amide bonds. The molecule has 3 heteroatoms. The van der Waals surface area contributed by atoms with Crippen molar-refractivity contribution in [3.63, 3.8) is 0 Å². The molecule has 0 spiro atoms. The first-order valence-electron chi connectivity index (χ1n) is 7.03. The van der Waals surface area contributed by atoms with E-state index in [2.05, 4.69) is 6.07 Å². The Hall–Kier alpha value is -2.29. The Kier molecular flexibility index (Phi) is 3.42. The number of rotatable bonds is 4. The van der Waals surface area contributed by atoms with E-state index in [-0.39, 0.29) is 6.79 Å². The zero-order chi connectivity index (χ0) is 14.9. The Labute approximate surface area is 124 Å². The Morgan fingerprint density at radius 1 is 1.14 bits per heavy atom. The number of hydrogen-bond acceptors (Lipinski definition) is 3. The highest BCUT2D eigenvalue weighted by atomic mass is 16.7. The van der Waals surface area contributed by atoms with Crippen LogP contribution in [0.2, 0.25) is 0 Å². The monoisotopic (exact) mass is 282 g/mol. The summed E-state index contributed by atoms with van der Waals surface area (Å²) in [5.74, 6) is 1.52. The zero-order valence-corrected chi connectivity index (χ0v) is 12.3. The summed E-state index contributed by atoms with van der Waals surface area (Å²) >= 11 is 0. The van der Waals surface area contributed by atoms with Gasteiger partial charge < -0.3 is 14.3 Å². The summed E-state index contributed by atoms with van der Waals surface area (Å²) in [6.45, 7) is 4.27. The fourth-order valence-electron chi connectivity index (χ4n) is 2.69. The molecule has 1 aliphatic heterocycles. The molecule has 0 radical (unpaired) electrons. The predicted octanol–water partition coefficient (Wildman–Crippen LogP) is 3.42. The van der Waals surface area contributed by atoms with Gasteiger partial charge in [-0.3, -0.25) is 0 Å². The summed E-state index contributed by atoms with van der Waals surface area (Å²) in [5.41, 5.74) is 2.72. The van der Waals surface area contributed by atoms with E-state index < -0.39 is 5.41 Å². The maximum atomic E-state index is 11.7. The molecule has 21 heavy (non-hydrogen) atoms. The van der Waals surface area contributed by atoms with E-state index in [0.29, 0.717) is 6.42 Å². The minimum atomic E-state index is -0.542. The quantitative estimate of drug-likeness (QED) is 0.806. The van der Waals surface area contributed by atoms with Crippen LogP contribution in [0.5, 0.6) is 11.5 Å². The first-order chi connectivity index (χ1) is 10.1. The molecule has 1 unspecified atom stereocenters. The minimum Gasteiger partial charge on any atom is -0.454 e. The van der Waals surface area contributed by atoms with Gasteiger partial charge in [0, 0.05) is 0 Å². The Balaban J connectivity index is 1.92. The molecule has 1 atom stereocenters. The molecular formula is C18H18O3. The average molecular weight is 282 g/mol. The molecule has 1 heterocycles. The number of hydrogen-bond donors (Lipinski definition) is 0. The summed E-state index contributed by atoms with van der Waals surface area (Å²) in [7, 11) is 0. The van der Waals surface area contributed by atoms with Crippen molar-refractivity contribution in [3.05, 3.63) is 59.2 Å². The molecule has 0 fully saturated rings. The lowest BCUT2D eigenvalue weighted by Crippen LogP contribution is -2.26. The van der Waals surface area contributed by atoms with E-state index in [0.717, 1.165) is 34.5 Å². The van der Waals surface area contributed by atoms with Gasteiger partial charge in [0.15, 0.2) is 11.5 Å². The van der Waals surface area contributed by atoms with E-state index in [1.807, 2.05) is 50.2 Å². The third kappa shape index (κ3) is 2.64. The van der Waals surface area contributed by atoms with Crippen LogP contribution in [0.25, 0.3) is 0 Å². The van der Waals surface area contributed by atoms with Crippen molar-refractivity contribution < 1.29 is 14.3 Å². The van der Waals surface area contributed by atoms with Gasteiger partial charge >= 0.3 is 0 Å². The van der Waals surface area contributed by atoms with Crippen LogP contribution in [0.15, 0.2) is 42.5 Å². The minimum absolute atomic E-state index is 0.265. The number of carbonyl (C=O) groups is 1. The van der Waals surface area contributed by atoms with Crippen LogP contribution < -0.4 is 9.47 Å². The van der Waals surface area contributed by atoms with Gasteiger partial charge in [-0.1, -0.05) is 35.9 Å². The second-order valence-corrected chi connectivity index (χ2v) is 5.77. The molecule has 0 N–H and O–H groups in total. The molecule has 0 saturated carbocycles. The second kappa shape index (κ2) is 5.24. The van der Waals surface area contributed by atoms with Crippen LogP contribution >= 0.6 is 0 Å². The maximum absolute atomic E-state index is 11.7. The molecular weight excluding hydrogens is 264 g/mol. The van der Waals surface area contributed by atoms with Gasteiger partial charge in [-0.25, -0.2) is 0 Å². The highest BCUT2D eigenvalue weighted by Gasteiger charge is 2.27. The SMILES string of the molecule is Cc1cccc(C(C)(C=O)Cc2ccc3c(c2)OCO3)c1. The zero-order valence-electron chi connectivity index (χ0n) is 12.3. The standard InChI is InChI=1S/C18H18O3/c1-13-4-3-5-15(8-13)18(2,11-19)10-14-6-7-16-17(9-14)21-12-20-16/h3-9,11H,10,12H2,1-2H3. The van der Waals surface area contributed by atoms with Gasteiger partial charge in [0.1, 0.15) is 6.29 Å². The molecule has 2 aromatic carbocycles. The molecule has 0 bridgehead atoms. The third-order valence-electron chi connectivity index (χ3n) is 3.95. The summed E-state index contributed by atoms with van der Waals surface area (Å²) < 4.78 is 10.7. The lowest BCUT2D eigenvalue weighted by molar-refractivity contribution is -0.112. The van der Waals surface area contributed by atoms with E-state index in [9.17, 15) is 4.79 Å². The predicted molar refractivity (Wildman–Crippen MR) is 80.9 cm³/mol. The Morgan fingerprint density at radius 3 is 2.71 bits per heavy atom. The number of benzene rings is 2. The smallest absolute Gasteiger partial charge is 0.231 e. The number of ether oxygens (including phenoxy) is 2. The number of carbonyl (C=O) groups excluding carboxylic acids is 1. The molecule has 0 saturated heterocycles. The fraction of sp³-hybridized carbons (Fsp3) is 0.278. The lowest BCUT2D eigenvalue weighted by atomic mass is 9.78. The third-order valence-corrected chi connectivity index (χ3v) is 3.95. The van der Waals surface area contributed by atoms with Gasteiger partial charge in [0.05, 0.1) is 5.41 Å². The van der Waals surface area contributed by atoms with Crippen molar-refractivity contribution in [2.45, 2.75) is 25.7 Å². The largest absolute Gasteiger partial charge is 0.454 e. The molecule has 1 aliphatic rings. The van der Waals surface area contributed by atoms with E-state index >= 15 is 0 Å². The van der Waals surface area contributed by atoms with Crippen molar-refractivity contribution in [3.8, 4) is 11.5 Å². The van der Waals surface area contributed by atoms with Crippen molar-refractivity contribution in [2.75, 3.05) is 6.79 Å². The summed E-state index contributed by atoms with van der Waals surface area (Å²) in [4.78, 5) is 11.7. The van der Waals surface area contributed by atoms with E-state index in [1.54, 1.807) is 0 Å². The normalized spacial score (nSPS) is 15.5. The lowest BCUT2D eigenvalue weighted by Gasteiger charge is -2.24. The first-order valence-corrected chi connectivity index (χ1v) is 7.03. The highest BCUT2D eigenvalue weighted by molar-refractivity contribution is 5.69. The van der Waals surface area contributed by atoms with Crippen molar-refractivity contribution in [1.29, 1.82) is 0 Å². The van der Waals surface area contributed by atoms with Gasteiger partial charge in [-0.15, -0.1) is 0 Å². The summed E-state index contributed by atoms with van der Waals surface area (Å²) in [6, 6.07) is 14.0. The Morgan fingerprint density at radius 2 is 1.95 bits per heavy atom. The molecule has 108 valence electrons. The average Bonchev–Trinajstić information content (AvgIpc) is 2.94. The first kappa shape index (κ1) is 13.7. The van der Waals surface area contributed by atoms with Gasteiger partial charge in [-0.2, -0.15) is 0 Å². The van der Waals surface area contributed by atoms with Crippen LogP contribution in [0.3, 0.4) is 0 Å². The van der Waals surface area contributed by atoms with E-state index in [1.165, 1.54) is 0 Å². The van der Waals surface area contributed by atoms with Crippen molar-refractivity contribution >= 4 is 6.29 Å². The number of aryl methyl sites for hydroxylation is 1. The van der Waals surface area contributed by atoms with Crippen LogP contribution in [0.4, 0.5) is 0 Å². The van der Waals surface area contributed by atoms with E-state index in [4.69, 9.17) is 9.47 Å². The van der Waals surface area contributed by atoms with Crippen LogP contribution in [0.1, 0.15) is 23.6 Å². The van der Waals surface area contributed by atoms with Crippen molar-refractivity contribution in [2.24, 2.45) is 0 Å². The van der Waals surface area contributed by atoms with Crippen LogP contribution in [0, 0.1) is 6.92 Å².